The normalized spacial score (nSPS) is 10.5. The molecular formula is C18H19N3O2S2. The summed E-state index contributed by atoms with van der Waals surface area (Å²) < 4.78 is 11.7. The van der Waals surface area contributed by atoms with Crippen molar-refractivity contribution in [1.29, 1.82) is 0 Å². The third-order valence-corrected chi connectivity index (χ3v) is 4.86. The van der Waals surface area contributed by atoms with Crippen LogP contribution in [0.4, 0.5) is 5.13 Å². The van der Waals surface area contributed by atoms with Crippen molar-refractivity contribution in [2.24, 2.45) is 0 Å². The van der Waals surface area contributed by atoms with E-state index in [1.54, 1.807) is 25.6 Å². The number of thiazole rings is 1. The highest BCUT2D eigenvalue weighted by Gasteiger charge is 2.06. The van der Waals surface area contributed by atoms with Crippen LogP contribution in [0.25, 0.3) is 10.2 Å². The number of nitrogens with one attached hydrogen (secondary N) is 2. The molecule has 0 aliphatic rings. The molecule has 0 radical (unpaired) electrons. The Morgan fingerprint density at radius 3 is 2.68 bits per heavy atom. The van der Waals surface area contributed by atoms with Crippen LogP contribution >= 0.6 is 23.6 Å². The maximum atomic E-state index is 5.34. The molecule has 0 atom stereocenters. The van der Waals surface area contributed by atoms with Gasteiger partial charge < -0.3 is 20.1 Å². The fraction of sp³-hybridized carbons (Fsp3) is 0.222. The lowest BCUT2D eigenvalue weighted by atomic mass is 10.1. The van der Waals surface area contributed by atoms with Crippen molar-refractivity contribution in [2.45, 2.75) is 6.42 Å². The Labute approximate surface area is 156 Å². The van der Waals surface area contributed by atoms with E-state index >= 15 is 0 Å². The average Bonchev–Trinajstić information content (AvgIpc) is 3.03. The van der Waals surface area contributed by atoms with Crippen molar-refractivity contribution < 1.29 is 9.47 Å². The predicted molar refractivity (Wildman–Crippen MR) is 107 cm³/mol. The number of hydrogen-bond acceptors (Lipinski definition) is 5. The molecule has 0 unspecified atom stereocenters. The van der Waals surface area contributed by atoms with Gasteiger partial charge in [-0.1, -0.05) is 29.5 Å². The molecule has 0 aliphatic carbocycles. The average molecular weight is 374 g/mol. The first kappa shape index (κ1) is 17.4. The largest absolute Gasteiger partial charge is 0.493 e. The summed E-state index contributed by atoms with van der Waals surface area (Å²) in [6.45, 7) is 0.714. The van der Waals surface area contributed by atoms with Crippen LogP contribution in [-0.2, 0) is 6.42 Å². The van der Waals surface area contributed by atoms with Gasteiger partial charge in [-0.2, -0.15) is 0 Å². The molecule has 3 aromatic rings. The van der Waals surface area contributed by atoms with Crippen LogP contribution in [0.5, 0.6) is 11.5 Å². The number of thiocarbonyl (C=S) groups is 1. The Morgan fingerprint density at radius 1 is 1.12 bits per heavy atom. The lowest BCUT2D eigenvalue weighted by Crippen LogP contribution is -2.30. The van der Waals surface area contributed by atoms with Gasteiger partial charge in [0.05, 0.1) is 24.4 Å². The van der Waals surface area contributed by atoms with E-state index in [1.165, 1.54) is 0 Å². The summed E-state index contributed by atoms with van der Waals surface area (Å²) in [4.78, 5) is 4.51. The number of benzene rings is 2. The van der Waals surface area contributed by atoms with Crippen molar-refractivity contribution in [1.82, 2.24) is 10.3 Å². The number of nitrogens with zero attached hydrogens (tertiary/aromatic N) is 1. The van der Waals surface area contributed by atoms with Crippen molar-refractivity contribution >= 4 is 44.0 Å². The molecule has 0 spiro atoms. The minimum absolute atomic E-state index is 0.569. The molecule has 5 nitrogen and oxygen atoms in total. The molecule has 1 aromatic heterocycles. The van der Waals surface area contributed by atoms with E-state index in [0.717, 1.165) is 38.8 Å². The van der Waals surface area contributed by atoms with E-state index in [4.69, 9.17) is 21.7 Å². The second-order valence-corrected chi connectivity index (χ2v) is 6.75. The summed E-state index contributed by atoms with van der Waals surface area (Å²) in [6.07, 6.45) is 0.821. The molecule has 0 saturated carbocycles. The molecule has 7 heteroatoms. The lowest BCUT2D eigenvalue weighted by molar-refractivity contribution is 0.354. The van der Waals surface area contributed by atoms with Gasteiger partial charge in [-0.3, -0.25) is 0 Å². The molecule has 3 rings (SSSR count). The Kier molecular flexibility index (Phi) is 5.67. The maximum absolute atomic E-state index is 5.34. The number of rotatable bonds is 6. The zero-order valence-corrected chi connectivity index (χ0v) is 15.7. The van der Waals surface area contributed by atoms with Crippen LogP contribution in [0.15, 0.2) is 42.5 Å². The van der Waals surface area contributed by atoms with Gasteiger partial charge in [0.25, 0.3) is 0 Å². The number of fused-ring (bicyclic) bond motifs is 1. The maximum Gasteiger partial charge on any atom is 0.190 e. The van der Waals surface area contributed by atoms with Gasteiger partial charge >= 0.3 is 0 Å². The van der Waals surface area contributed by atoms with E-state index in [0.29, 0.717) is 11.7 Å². The molecule has 0 bridgehead atoms. The van der Waals surface area contributed by atoms with Gasteiger partial charge in [0.2, 0.25) is 0 Å². The summed E-state index contributed by atoms with van der Waals surface area (Å²) in [5.74, 6) is 1.46. The SMILES string of the molecule is COc1ccc(CCNC(=S)Nc2nc3ccccc3s2)cc1OC. The van der Waals surface area contributed by atoms with Crippen LogP contribution < -0.4 is 20.1 Å². The van der Waals surface area contributed by atoms with E-state index < -0.39 is 0 Å². The van der Waals surface area contributed by atoms with Crippen molar-refractivity contribution in [3.63, 3.8) is 0 Å². The number of para-hydroxylation sites is 1. The third kappa shape index (κ3) is 4.37. The first-order chi connectivity index (χ1) is 12.2. The Balaban J connectivity index is 1.52. The minimum Gasteiger partial charge on any atom is -0.493 e. The van der Waals surface area contributed by atoms with Crippen LogP contribution in [-0.4, -0.2) is 30.9 Å². The number of methoxy groups -OCH3 is 2. The first-order valence-corrected chi connectivity index (χ1v) is 9.03. The quantitative estimate of drug-likeness (QED) is 0.640. The molecule has 0 amide bonds. The minimum atomic E-state index is 0.569. The Morgan fingerprint density at radius 2 is 1.92 bits per heavy atom. The van der Waals surface area contributed by atoms with Crippen molar-refractivity contribution in [2.75, 3.05) is 26.1 Å². The van der Waals surface area contributed by atoms with Crippen LogP contribution in [0, 0.1) is 0 Å². The highest BCUT2D eigenvalue weighted by Crippen LogP contribution is 2.27. The van der Waals surface area contributed by atoms with Crippen molar-refractivity contribution in [3.05, 3.63) is 48.0 Å². The molecule has 2 aromatic carbocycles. The van der Waals surface area contributed by atoms with Crippen LogP contribution in [0.2, 0.25) is 0 Å². The van der Waals surface area contributed by atoms with E-state index in [1.807, 2.05) is 42.5 Å². The van der Waals surface area contributed by atoms with Crippen LogP contribution in [0.1, 0.15) is 5.56 Å². The zero-order chi connectivity index (χ0) is 17.6. The lowest BCUT2D eigenvalue weighted by Gasteiger charge is -2.11. The molecule has 2 N–H and O–H groups in total. The number of aromatic nitrogens is 1. The molecule has 1 heterocycles. The molecular weight excluding hydrogens is 354 g/mol. The third-order valence-electron chi connectivity index (χ3n) is 3.66. The van der Waals surface area contributed by atoms with E-state index in [2.05, 4.69) is 15.6 Å². The summed E-state index contributed by atoms with van der Waals surface area (Å²) in [7, 11) is 3.27. The van der Waals surface area contributed by atoms with Gasteiger partial charge in [-0.25, -0.2) is 4.98 Å². The van der Waals surface area contributed by atoms with Gasteiger partial charge in [0, 0.05) is 6.54 Å². The zero-order valence-electron chi connectivity index (χ0n) is 14.0. The second kappa shape index (κ2) is 8.13. The predicted octanol–water partition coefficient (Wildman–Crippen LogP) is 3.84. The van der Waals surface area contributed by atoms with E-state index in [9.17, 15) is 0 Å². The summed E-state index contributed by atoms with van der Waals surface area (Å²) in [5.41, 5.74) is 2.12. The summed E-state index contributed by atoms with van der Waals surface area (Å²) in [6, 6.07) is 13.9. The second-order valence-electron chi connectivity index (χ2n) is 5.31. The number of anilines is 1. The van der Waals surface area contributed by atoms with Crippen molar-refractivity contribution in [3.8, 4) is 11.5 Å². The first-order valence-electron chi connectivity index (χ1n) is 7.81. The standard InChI is InChI=1S/C18H19N3O2S2/c1-22-14-8-7-12(11-15(14)23-2)9-10-19-17(24)21-18-20-13-5-3-4-6-16(13)25-18/h3-8,11H,9-10H2,1-2H3,(H2,19,20,21,24). The molecule has 0 fully saturated rings. The molecule has 0 saturated heterocycles. The monoisotopic (exact) mass is 373 g/mol. The van der Waals surface area contributed by atoms with Gasteiger partial charge in [-0.05, 0) is 48.5 Å². The summed E-state index contributed by atoms with van der Waals surface area (Å²) in [5, 5.41) is 7.71. The number of hydrogen-bond donors (Lipinski definition) is 2. The summed E-state index contributed by atoms with van der Waals surface area (Å²) >= 11 is 6.93. The fourth-order valence-corrected chi connectivity index (χ4v) is 3.56. The van der Waals surface area contributed by atoms with Gasteiger partial charge in [0.15, 0.2) is 21.7 Å². The topological polar surface area (TPSA) is 55.4 Å². The Hall–Kier alpha value is -2.38. The molecule has 0 aliphatic heterocycles. The number of ether oxygens (including phenoxy) is 2. The van der Waals surface area contributed by atoms with Gasteiger partial charge in [0.1, 0.15) is 0 Å². The fourth-order valence-electron chi connectivity index (χ4n) is 2.42. The van der Waals surface area contributed by atoms with Gasteiger partial charge in [-0.15, -0.1) is 0 Å². The highest BCUT2D eigenvalue weighted by molar-refractivity contribution is 7.80. The molecule has 130 valence electrons. The smallest absolute Gasteiger partial charge is 0.190 e. The Bertz CT molecular complexity index is 847. The van der Waals surface area contributed by atoms with E-state index in [-0.39, 0.29) is 0 Å². The molecule has 25 heavy (non-hydrogen) atoms. The van der Waals surface area contributed by atoms with Crippen LogP contribution in [0.3, 0.4) is 0 Å². The highest BCUT2D eigenvalue weighted by atomic mass is 32.1.